The molecule has 0 saturated heterocycles. The summed E-state index contributed by atoms with van der Waals surface area (Å²) in [5.74, 6) is -1.13. The smallest absolute Gasteiger partial charge is 0.308 e. The third kappa shape index (κ3) is 2.53. The van der Waals surface area contributed by atoms with Crippen molar-refractivity contribution in [1.29, 1.82) is 0 Å². The number of carbonyl (C=O) groups is 1. The lowest BCUT2D eigenvalue weighted by Gasteiger charge is -2.25. The fourth-order valence-electron chi connectivity index (χ4n) is 2.95. The van der Waals surface area contributed by atoms with Crippen LogP contribution >= 0.6 is 0 Å². The number of carboxylic acids is 1. The van der Waals surface area contributed by atoms with Crippen molar-refractivity contribution in [3.8, 4) is 0 Å². The van der Waals surface area contributed by atoms with Gasteiger partial charge in [-0.05, 0) is 25.0 Å². The molecule has 1 aliphatic carbocycles. The van der Waals surface area contributed by atoms with Crippen LogP contribution in [0.5, 0.6) is 0 Å². The third-order valence-electron chi connectivity index (χ3n) is 4.00. The molecule has 1 aromatic rings. The molecule has 1 heterocycles. The number of carboxylic acid groups (broad SMARTS) is 1. The van der Waals surface area contributed by atoms with Crippen LogP contribution in [0.4, 0.5) is 0 Å². The van der Waals surface area contributed by atoms with E-state index in [1.807, 2.05) is 0 Å². The van der Waals surface area contributed by atoms with E-state index < -0.39 is 21.9 Å². The average Bonchev–Trinajstić information content (AvgIpc) is 2.71. The summed E-state index contributed by atoms with van der Waals surface area (Å²) in [5.41, 5.74) is 0.521. The van der Waals surface area contributed by atoms with E-state index in [2.05, 4.69) is 9.71 Å². The molecule has 0 bridgehead atoms. The highest BCUT2D eigenvalue weighted by atomic mass is 32.2. The number of fused-ring (bicyclic) bond motifs is 1. The number of aliphatic imine (C=N–C) groups is 1. The lowest BCUT2D eigenvalue weighted by Crippen LogP contribution is -2.33. The first-order chi connectivity index (χ1) is 9.99. The minimum Gasteiger partial charge on any atom is -0.481 e. The molecule has 1 saturated carbocycles. The van der Waals surface area contributed by atoms with Gasteiger partial charge in [0.15, 0.2) is 0 Å². The standard InChI is InChI=1S/C14H16N2O4S/c17-14(18)9-5-1-3-7-11(9)15-13-10-6-2-4-8-12(10)21(19,20)16-13/h2,4,6,8-9,11H,1,3,5,7H2,(H,15,16)(H,17,18). The van der Waals surface area contributed by atoms with Gasteiger partial charge in [0.05, 0.1) is 16.9 Å². The van der Waals surface area contributed by atoms with E-state index in [0.29, 0.717) is 18.4 Å². The minimum atomic E-state index is -3.57. The Morgan fingerprint density at radius 1 is 1.24 bits per heavy atom. The summed E-state index contributed by atoms with van der Waals surface area (Å²) in [5, 5.41) is 9.27. The first kappa shape index (κ1) is 14.1. The van der Waals surface area contributed by atoms with E-state index in [9.17, 15) is 18.3 Å². The van der Waals surface area contributed by atoms with Crippen molar-refractivity contribution in [3.05, 3.63) is 29.8 Å². The van der Waals surface area contributed by atoms with Crippen molar-refractivity contribution in [1.82, 2.24) is 4.72 Å². The van der Waals surface area contributed by atoms with Crippen molar-refractivity contribution in [2.75, 3.05) is 0 Å². The number of amidine groups is 1. The van der Waals surface area contributed by atoms with Gasteiger partial charge in [0.1, 0.15) is 5.84 Å². The summed E-state index contributed by atoms with van der Waals surface area (Å²) >= 11 is 0. The van der Waals surface area contributed by atoms with Gasteiger partial charge in [0.2, 0.25) is 0 Å². The highest BCUT2D eigenvalue weighted by molar-refractivity contribution is 7.90. The van der Waals surface area contributed by atoms with Gasteiger partial charge in [0.25, 0.3) is 10.0 Å². The molecular weight excluding hydrogens is 292 g/mol. The molecule has 2 aliphatic rings. The van der Waals surface area contributed by atoms with Gasteiger partial charge in [-0.3, -0.25) is 14.5 Å². The van der Waals surface area contributed by atoms with E-state index in [4.69, 9.17) is 0 Å². The van der Waals surface area contributed by atoms with E-state index in [-0.39, 0.29) is 16.8 Å². The Hall–Kier alpha value is -1.89. The maximum Gasteiger partial charge on any atom is 0.308 e. The number of aliphatic carboxylic acids is 1. The molecule has 0 aromatic heterocycles. The second-order valence-electron chi connectivity index (χ2n) is 5.38. The van der Waals surface area contributed by atoms with Crippen LogP contribution in [0.1, 0.15) is 31.2 Å². The zero-order valence-electron chi connectivity index (χ0n) is 11.3. The number of rotatable bonds is 2. The minimum absolute atomic E-state index is 0.200. The average molecular weight is 308 g/mol. The van der Waals surface area contributed by atoms with Crippen molar-refractivity contribution in [2.45, 2.75) is 36.6 Å². The Balaban J connectivity index is 1.99. The number of sulfonamides is 1. The first-order valence-corrected chi connectivity index (χ1v) is 8.40. The molecule has 2 N–H and O–H groups in total. The highest BCUT2D eigenvalue weighted by Gasteiger charge is 2.34. The second-order valence-corrected chi connectivity index (χ2v) is 7.03. The van der Waals surface area contributed by atoms with Gasteiger partial charge in [-0.1, -0.05) is 25.0 Å². The highest BCUT2D eigenvalue weighted by Crippen LogP contribution is 2.29. The van der Waals surface area contributed by atoms with Crippen LogP contribution in [0.25, 0.3) is 0 Å². The quantitative estimate of drug-likeness (QED) is 0.862. The molecule has 1 aromatic carbocycles. The van der Waals surface area contributed by atoms with E-state index in [0.717, 1.165) is 12.8 Å². The van der Waals surface area contributed by atoms with Gasteiger partial charge < -0.3 is 5.11 Å². The van der Waals surface area contributed by atoms with Crippen LogP contribution in [0.3, 0.4) is 0 Å². The molecule has 0 radical (unpaired) electrons. The predicted molar refractivity (Wildman–Crippen MR) is 76.7 cm³/mol. The van der Waals surface area contributed by atoms with Crippen molar-refractivity contribution in [3.63, 3.8) is 0 Å². The molecule has 21 heavy (non-hydrogen) atoms. The number of hydrogen-bond donors (Lipinski definition) is 2. The first-order valence-electron chi connectivity index (χ1n) is 6.92. The van der Waals surface area contributed by atoms with Gasteiger partial charge in [-0.15, -0.1) is 0 Å². The van der Waals surface area contributed by atoms with E-state index in [1.54, 1.807) is 18.2 Å². The maximum absolute atomic E-state index is 12.0. The van der Waals surface area contributed by atoms with Crippen LogP contribution in [0, 0.1) is 5.92 Å². The van der Waals surface area contributed by atoms with Gasteiger partial charge in [-0.25, -0.2) is 8.42 Å². The van der Waals surface area contributed by atoms with Gasteiger partial charge in [-0.2, -0.15) is 0 Å². The lowest BCUT2D eigenvalue weighted by molar-refractivity contribution is -0.143. The largest absolute Gasteiger partial charge is 0.481 e. The maximum atomic E-state index is 12.0. The summed E-state index contributed by atoms with van der Waals surface area (Å²) in [6, 6.07) is 6.23. The van der Waals surface area contributed by atoms with Crippen LogP contribution in [0.2, 0.25) is 0 Å². The number of nitrogens with zero attached hydrogens (tertiary/aromatic N) is 1. The molecule has 0 spiro atoms. The van der Waals surface area contributed by atoms with Crippen LogP contribution in [-0.4, -0.2) is 31.4 Å². The normalized spacial score (nSPS) is 28.9. The molecule has 2 atom stereocenters. The van der Waals surface area contributed by atoms with Gasteiger partial charge in [0, 0.05) is 5.56 Å². The molecule has 3 rings (SSSR count). The number of nitrogens with one attached hydrogen (secondary N) is 1. The topological polar surface area (TPSA) is 95.8 Å². The monoisotopic (exact) mass is 308 g/mol. The number of hydrogen-bond acceptors (Lipinski definition) is 4. The fraction of sp³-hybridized carbons (Fsp3) is 0.429. The Morgan fingerprint density at radius 3 is 2.71 bits per heavy atom. The zero-order valence-corrected chi connectivity index (χ0v) is 12.1. The summed E-state index contributed by atoms with van der Waals surface area (Å²) in [6.45, 7) is 0. The Kier molecular flexibility index (Phi) is 3.44. The Labute approximate surface area is 123 Å². The van der Waals surface area contributed by atoms with Crippen molar-refractivity contribution in [2.24, 2.45) is 10.9 Å². The molecule has 0 amide bonds. The molecule has 1 fully saturated rings. The Bertz CT molecular complexity index is 711. The van der Waals surface area contributed by atoms with E-state index in [1.165, 1.54) is 6.07 Å². The molecule has 112 valence electrons. The van der Waals surface area contributed by atoms with Crippen molar-refractivity contribution < 1.29 is 18.3 Å². The summed E-state index contributed by atoms with van der Waals surface area (Å²) < 4.78 is 26.5. The zero-order chi connectivity index (χ0) is 15.0. The fourth-order valence-corrected chi connectivity index (χ4v) is 4.19. The molecule has 6 nitrogen and oxygen atoms in total. The Morgan fingerprint density at radius 2 is 1.95 bits per heavy atom. The van der Waals surface area contributed by atoms with Crippen LogP contribution in [-0.2, 0) is 14.8 Å². The number of benzene rings is 1. The van der Waals surface area contributed by atoms with Crippen LogP contribution < -0.4 is 4.72 Å². The van der Waals surface area contributed by atoms with Crippen LogP contribution in [0.15, 0.2) is 34.2 Å². The predicted octanol–water partition coefficient (Wildman–Crippen LogP) is 1.37. The van der Waals surface area contributed by atoms with E-state index >= 15 is 0 Å². The summed E-state index contributed by atoms with van der Waals surface area (Å²) in [6.07, 6.45) is 3.05. The molecule has 7 heteroatoms. The summed E-state index contributed by atoms with van der Waals surface area (Å²) in [7, 11) is -3.57. The van der Waals surface area contributed by atoms with Crippen molar-refractivity contribution >= 4 is 21.8 Å². The molecular formula is C14H16N2O4S. The molecule has 1 aliphatic heterocycles. The molecule has 2 unspecified atom stereocenters. The summed E-state index contributed by atoms with van der Waals surface area (Å²) in [4.78, 5) is 15.9. The van der Waals surface area contributed by atoms with Gasteiger partial charge >= 0.3 is 5.97 Å². The third-order valence-corrected chi connectivity index (χ3v) is 5.40. The SMILES string of the molecule is O=C(O)C1CCCCC1N=C1NS(=O)(=O)c2ccccc21. The second kappa shape index (κ2) is 5.14. The lowest BCUT2D eigenvalue weighted by atomic mass is 9.85.